The fourth-order valence-corrected chi connectivity index (χ4v) is 1.70. The van der Waals surface area contributed by atoms with Crippen LogP contribution in [0.1, 0.15) is 23.6 Å². The Labute approximate surface area is 76.4 Å². The van der Waals surface area contributed by atoms with Crippen LogP contribution in [0.25, 0.3) is 0 Å². The topological polar surface area (TPSA) is 50.2 Å². The first-order valence-electron chi connectivity index (χ1n) is 4.34. The number of hydrogen-bond donors (Lipinski definition) is 1. The van der Waals surface area contributed by atoms with Crippen molar-refractivity contribution in [3.05, 3.63) is 29.6 Å². The molecular weight excluding hydrogens is 166 g/mol. The number of carboxylic acids is 1. The molecule has 1 fully saturated rings. The Hall–Kier alpha value is -1.38. The summed E-state index contributed by atoms with van der Waals surface area (Å²) in [5.74, 6) is -0.664. The average molecular weight is 177 g/mol. The van der Waals surface area contributed by atoms with Gasteiger partial charge in [-0.2, -0.15) is 0 Å². The van der Waals surface area contributed by atoms with E-state index in [0.717, 1.165) is 17.7 Å². The average Bonchev–Trinajstić information content (AvgIpc) is 2.84. The summed E-state index contributed by atoms with van der Waals surface area (Å²) in [5, 5.41) is 8.76. The van der Waals surface area contributed by atoms with Gasteiger partial charge in [0.25, 0.3) is 0 Å². The highest BCUT2D eigenvalue weighted by molar-refractivity contribution is 5.75. The molecule has 1 aliphatic carbocycles. The van der Waals surface area contributed by atoms with Crippen molar-refractivity contribution in [3.8, 4) is 0 Å². The second-order valence-electron chi connectivity index (χ2n) is 3.46. The van der Waals surface area contributed by atoms with Gasteiger partial charge in [0.05, 0.1) is 5.92 Å². The summed E-state index contributed by atoms with van der Waals surface area (Å²) in [7, 11) is 0. The summed E-state index contributed by atoms with van der Waals surface area (Å²) < 4.78 is 0. The van der Waals surface area contributed by atoms with Crippen LogP contribution in [0.5, 0.6) is 0 Å². The third-order valence-electron chi connectivity index (χ3n) is 2.55. The van der Waals surface area contributed by atoms with E-state index in [1.54, 1.807) is 6.20 Å². The van der Waals surface area contributed by atoms with E-state index in [1.165, 1.54) is 0 Å². The van der Waals surface area contributed by atoms with Gasteiger partial charge in [0.1, 0.15) is 0 Å². The highest BCUT2D eigenvalue weighted by Gasteiger charge is 2.44. The Morgan fingerprint density at radius 2 is 2.46 bits per heavy atom. The molecule has 68 valence electrons. The zero-order valence-electron chi connectivity index (χ0n) is 7.40. The van der Waals surface area contributed by atoms with Crippen LogP contribution in [-0.2, 0) is 4.79 Å². The molecular formula is C10H11NO2. The molecule has 0 aromatic carbocycles. The third kappa shape index (κ3) is 1.41. The minimum absolute atomic E-state index is 0.178. The number of carboxylic acid groups (broad SMARTS) is 1. The smallest absolute Gasteiger partial charge is 0.307 e. The van der Waals surface area contributed by atoms with Gasteiger partial charge in [-0.05, 0) is 30.9 Å². The molecule has 0 amide bonds. The molecule has 0 unspecified atom stereocenters. The van der Waals surface area contributed by atoms with E-state index >= 15 is 0 Å². The molecule has 1 aliphatic rings. The van der Waals surface area contributed by atoms with Gasteiger partial charge in [0.2, 0.25) is 0 Å². The molecule has 0 saturated heterocycles. The zero-order valence-corrected chi connectivity index (χ0v) is 7.40. The van der Waals surface area contributed by atoms with E-state index in [9.17, 15) is 4.79 Å². The standard InChI is InChI=1S/C10H11NO2/c1-6-7(3-2-4-11-6)8-5-9(8)10(12)13/h2-4,8-9H,5H2,1H3,(H,12,13)/t8-,9+/m0/s1. The minimum atomic E-state index is -0.687. The maximum atomic E-state index is 10.6. The number of rotatable bonds is 2. The summed E-state index contributed by atoms with van der Waals surface area (Å²) >= 11 is 0. The van der Waals surface area contributed by atoms with Gasteiger partial charge in [-0.1, -0.05) is 6.07 Å². The predicted octanol–water partition coefficient (Wildman–Crippen LogP) is 1.58. The van der Waals surface area contributed by atoms with E-state index in [0.29, 0.717) is 0 Å². The first kappa shape index (κ1) is 8.23. The van der Waals surface area contributed by atoms with Crippen molar-refractivity contribution in [1.29, 1.82) is 0 Å². The number of nitrogens with zero attached hydrogens (tertiary/aromatic N) is 1. The number of aromatic nitrogens is 1. The minimum Gasteiger partial charge on any atom is -0.481 e. The summed E-state index contributed by atoms with van der Waals surface area (Å²) in [6.45, 7) is 1.92. The predicted molar refractivity (Wildman–Crippen MR) is 47.5 cm³/mol. The van der Waals surface area contributed by atoms with Crippen molar-refractivity contribution in [3.63, 3.8) is 0 Å². The summed E-state index contributed by atoms with van der Waals surface area (Å²) in [6.07, 6.45) is 2.50. The zero-order chi connectivity index (χ0) is 9.42. The molecule has 1 heterocycles. The molecule has 3 heteroatoms. The van der Waals surface area contributed by atoms with Gasteiger partial charge in [-0.15, -0.1) is 0 Å². The van der Waals surface area contributed by atoms with Crippen molar-refractivity contribution in [2.45, 2.75) is 19.3 Å². The van der Waals surface area contributed by atoms with Crippen LogP contribution >= 0.6 is 0 Å². The van der Waals surface area contributed by atoms with Gasteiger partial charge in [-0.3, -0.25) is 9.78 Å². The summed E-state index contributed by atoms with van der Waals surface area (Å²) in [6, 6.07) is 3.83. The molecule has 13 heavy (non-hydrogen) atoms. The highest BCUT2D eigenvalue weighted by Crippen LogP contribution is 2.48. The van der Waals surface area contributed by atoms with Crippen molar-refractivity contribution in [2.75, 3.05) is 0 Å². The normalized spacial score (nSPS) is 25.6. The van der Waals surface area contributed by atoms with E-state index < -0.39 is 5.97 Å². The molecule has 2 atom stereocenters. The lowest BCUT2D eigenvalue weighted by Gasteiger charge is -2.01. The molecule has 0 aliphatic heterocycles. The van der Waals surface area contributed by atoms with Gasteiger partial charge in [0, 0.05) is 11.9 Å². The lowest BCUT2D eigenvalue weighted by atomic mass is 10.1. The molecule has 1 N–H and O–H groups in total. The molecule has 3 nitrogen and oxygen atoms in total. The van der Waals surface area contributed by atoms with Crippen LogP contribution < -0.4 is 0 Å². The van der Waals surface area contributed by atoms with Crippen LogP contribution in [-0.4, -0.2) is 16.1 Å². The number of aliphatic carboxylic acids is 1. The van der Waals surface area contributed by atoms with Crippen molar-refractivity contribution in [2.24, 2.45) is 5.92 Å². The molecule has 2 rings (SSSR count). The number of carbonyl (C=O) groups is 1. The van der Waals surface area contributed by atoms with Crippen molar-refractivity contribution in [1.82, 2.24) is 4.98 Å². The molecule has 1 aromatic rings. The Morgan fingerprint density at radius 1 is 1.69 bits per heavy atom. The number of pyridine rings is 1. The van der Waals surface area contributed by atoms with Crippen LogP contribution in [0.4, 0.5) is 0 Å². The maximum absolute atomic E-state index is 10.6. The monoisotopic (exact) mass is 177 g/mol. The van der Waals surface area contributed by atoms with E-state index in [1.807, 2.05) is 19.1 Å². The highest BCUT2D eigenvalue weighted by atomic mass is 16.4. The Morgan fingerprint density at radius 3 is 3.00 bits per heavy atom. The van der Waals surface area contributed by atoms with Gasteiger partial charge < -0.3 is 5.11 Å². The third-order valence-corrected chi connectivity index (χ3v) is 2.55. The quantitative estimate of drug-likeness (QED) is 0.746. The van der Waals surface area contributed by atoms with Crippen molar-refractivity contribution < 1.29 is 9.90 Å². The molecule has 0 bridgehead atoms. The second kappa shape index (κ2) is 2.83. The fourth-order valence-electron chi connectivity index (χ4n) is 1.70. The first-order chi connectivity index (χ1) is 6.20. The molecule has 1 saturated carbocycles. The Kier molecular flexibility index (Phi) is 1.79. The molecule has 0 spiro atoms. The van der Waals surface area contributed by atoms with Crippen LogP contribution in [0.2, 0.25) is 0 Å². The lowest BCUT2D eigenvalue weighted by Crippen LogP contribution is -2.00. The van der Waals surface area contributed by atoms with E-state index in [4.69, 9.17) is 5.11 Å². The Bertz CT molecular complexity index is 349. The second-order valence-corrected chi connectivity index (χ2v) is 3.46. The first-order valence-corrected chi connectivity index (χ1v) is 4.34. The Balaban J connectivity index is 2.21. The van der Waals surface area contributed by atoms with Crippen LogP contribution in [0.15, 0.2) is 18.3 Å². The SMILES string of the molecule is Cc1ncccc1[C@@H]1C[C@H]1C(=O)O. The van der Waals surface area contributed by atoms with Gasteiger partial charge in [0.15, 0.2) is 0 Å². The van der Waals surface area contributed by atoms with Crippen molar-refractivity contribution >= 4 is 5.97 Å². The molecule has 0 radical (unpaired) electrons. The van der Waals surface area contributed by atoms with Gasteiger partial charge in [-0.25, -0.2) is 0 Å². The number of aryl methyl sites for hydroxylation is 1. The fraction of sp³-hybridized carbons (Fsp3) is 0.400. The largest absolute Gasteiger partial charge is 0.481 e. The maximum Gasteiger partial charge on any atom is 0.307 e. The van der Waals surface area contributed by atoms with E-state index in [2.05, 4.69) is 4.98 Å². The summed E-state index contributed by atoms with van der Waals surface area (Å²) in [4.78, 5) is 14.8. The lowest BCUT2D eigenvalue weighted by molar-refractivity contribution is -0.138. The molecule has 1 aromatic heterocycles. The summed E-state index contributed by atoms with van der Waals surface area (Å²) in [5.41, 5.74) is 2.05. The van der Waals surface area contributed by atoms with E-state index in [-0.39, 0.29) is 11.8 Å². The van der Waals surface area contributed by atoms with Crippen LogP contribution in [0, 0.1) is 12.8 Å². The number of hydrogen-bond acceptors (Lipinski definition) is 2. The van der Waals surface area contributed by atoms with Gasteiger partial charge >= 0.3 is 5.97 Å². The van der Waals surface area contributed by atoms with Crippen LogP contribution in [0.3, 0.4) is 0 Å².